The second kappa shape index (κ2) is 11.8. The molecule has 41 heavy (non-hydrogen) atoms. The van der Waals surface area contributed by atoms with Gasteiger partial charge in [-0.1, -0.05) is 36.4 Å². The van der Waals surface area contributed by atoms with Crippen molar-refractivity contribution >= 4 is 47.0 Å². The maximum Gasteiger partial charge on any atom is 0.339 e. The van der Waals surface area contributed by atoms with E-state index in [9.17, 15) is 19.5 Å². The molecule has 11 nitrogen and oxygen atoms in total. The highest BCUT2D eigenvalue weighted by Crippen LogP contribution is 2.37. The Hall–Kier alpha value is -4.68. The highest BCUT2D eigenvalue weighted by molar-refractivity contribution is 8.02. The SMILES string of the molecule is CC1(C)OC(=O)c2ccc(Nc3ncc(C(=O)NNC(=O)C4=CCSC=C4)c(N[C@H](CO)c4ccccc4)n3)cc21. The number of amides is 2. The van der Waals surface area contributed by atoms with Gasteiger partial charge >= 0.3 is 5.97 Å². The Morgan fingerprint density at radius 2 is 1.90 bits per heavy atom. The van der Waals surface area contributed by atoms with Crippen molar-refractivity contribution in [2.24, 2.45) is 0 Å². The van der Waals surface area contributed by atoms with Crippen LogP contribution in [0.4, 0.5) is 17.5 Å². The molecule has 0 aliphatic carbocycles. The molecule has 1 aromatic heterocycles. The monoisotopic (exact) mass is 572 g/mol. The number of carbonyl (C=O) groups excluding carboxylic acids is 3. The zero-order chi connectivity index (χ0) is 29.0. The number of aliphatic hydroxyl groups excluding tert-OH is 1. The van der Waals surface area contributed by atoms with Crippen LogP contribution in [0.3, 0.4) is 0 Å². The van der Waals surface area contributed by atoms with Crippen molar-refractivity contribution < 1.29 is 24.2 Å². The Balaban J connectivity index is 1.41. The van der Waals surface area contributed by atoms with Crippen LogP contribution in [0.25, 0.3) is 0 Å². The Bertz CT molecular complexity index is 1560. The van der Waals surface area contributed by atoms with Gasteiger partial charge in [-0.25, -0.2) is 9.78 Å². The molecule has 0 radical (unpaired) electrons. The number of aromatic nitrogens is 2. The fourth-order valence-electron chi connectivity index (χ4n) is 4.38. The highest BCUT2D eigenvalue weighted by Gasteiger charge is 2.37. The number of rotatable bonds is 8. The quantitative estimate of drug-likeness (QED) is 0.199. The molecule has 0 saturated carbocycles. The van der Waals surface area contributed by atoms with Crippen molar-refractivity contribution in [1.29, 1.82) is 0 Å². The summed E-state index contributed by atoms with van der Waals surface area (Å²) in [6.07, 6.45) is 4.75. The van der Waals surface area contributed by atoms with Crippen LogP contribution in [-0.4, -0.2) is 45.2 Å². The van der Waals surface area contributed by atoms with Crippen molar-refractivity contribution in [2.75, 3.05) is 23.0 Å². The molecule has 5 N–H and O–H groups in total. The third-order valence-electron chi connectivity index (χ3n) is 6.52. The second-order valence-corrected chi connectivity index (χ2v) is 10.7. The van der Waals surface area contributed by atoms with Crippen molar-refractivity contribution in [3.63, 3.8) is 0 Å². The molecule has 0 unspecified atom stereocenters. The summed E-state index contributed by atoms with van der Waals surface area (Å²) >= 11 is 1.56. The first kappa shape index (κ1) is 27.9. The van der Waals surface area contributed by atoms with Gasteiger partial charge in [-0.2, -0.15) is 4.98 Å². The Morgan fingerprint density at radius 1 is 1.12 bits per heavy atom. The highest BCUT2D eigenvalue weighted by atomic mass is 32.2. The summed E-state index contributed by atoms with van der Waals surface area (Å²) in [6.45, 7) is 3.34. The minimum absolute atomic E-state index is 0.0445. The summed E-state index contributed by atoms with van der Waals surface area (Å²) < 4.78 is 5.45. The van der Waals surface area contributed by atoms with Gasteiger partial charge < -0.3 is 20.5 Å². The van der Waals surface area contributed by atoms with E-state index in [1.54, 1.807) is 42.1 Å². The molecule has 12 heteroatoms. The number of hydrogen-bond donors (Lipinski definition) is 5. The first-order chi connectivity index (χ1) is 19.7. The van der Waals surface area contributed by atoms with E-state index in [4.69, 9.17) is 4.74 Å². The standard InChI is InChI=1S/C29H28N6O5S/c1-29(2)22-14-19(8-9-20(22)27(39)40-29)31-28-30-15-21(26(38)35-34-25(37)18-10-12-41-13-11-18)24(33-28)32-23(16-36)17-6-4-3-5-7-17/h3-12,14-15,23,36H,13,16H2,1-2H3,(H,34,37)(H,35,38)(H2,30,31,32,33)/t23-/m1/s1. The first-order valence-electron chi connectivity index (χ1n) is 12.8. The summed E-state index contributed by atoms with van der Waals surface area (Å²) in [6, 6.07) is 13.8. The average Bonchev–Trinajstić information content (AvgIpc) is 3.22. The third kappa shape index (κ3) is 6.23. The number of esters is 1. The maximum atomic E-state index is 13.1. The zero-order valence-corrected chi connectivity index (χ0v) is 23.1. The number of aliphatic hydroxyl groups is 1. The van der Waals surface area contributed by atoms with Gasteiger partial charge in [0.25, 0.3) is 11.8 Å². The van der Waals surface area contributed by atoms with Crippen LogP contribution in [0.1, 0.15) is 51.7 Å². The normalized spacial score (nSPS) is 15.7. The number of carbonyl (C=O) groups is 3. The van der Waals surface area contributed by atoms with Crippen LogP contribution in [0.2, 0.25) is 0 Å². The van der Waals surface area contributed by atoms with E-state index in [1.165, 1.54) is 6.20 Å². The Kier molecular flexibility index (Phi) is 8.04. The zero-order valence-electron chi connectivity index (χ0n) is 22.3. The molecule has 0 saturated heterocycles. The van der Waals surface area contributed by atoms with Crippen molar-refractivity contribution in [2.45, 2.75) is 25.5 Å². The summed E-state index contributed by atoms with van der Waals surface area (Å²) in [5.41, 5.74) is 7.13. The van der Waals surface area contributed by atoms with Crippen LogP contribution in [0, 0.1) is 0 Å². The van der Waals surface area contributed by atoms with E-state index < -0.39 is 23.5 Å². The van der Waals surface area contributed by atoms with Crippen molar-refractivity contribution in [1.82, 2.24) is 20.8 Å². The van der Waals surface area contributed by atoms with Gasteiger partial charge in [0, 0.05) is 28.8 Å². The number of thioether (sulfide) groups is 1. The molecule has 2 amide bonds. The Morgan fingerprint density at radius 3 is 2.63 bits per heavy atom. The lowest BCUT2D eigenvalue weighted by molar-refractivity contribution is -0.117. The number of benzene rings is 2. The molecule has 0 spiro atoms. The number of cyclic esters (lactones) is 1. The number of fused-ring (bicyclic) bond motifs is 1. The van der Waals surface area contributed by atoms with Gasteiger partial charge in [0.1, 0.15) is 17.0 Å². The lowest BCUT2D eigenvalue weighted by Gasteiger charge is -2.20. The second-order valence-electron chi connectivity index (χ2n) is 9.74. The van der Waals surface area contributed by atoms with Gasteiger partial charge in [0.05, 0.1) is 18.2 Å². The molecule has 0 fully saturated rings. The van der Waals surface area contributed by atoms with E-state index in [2.05, 4.69) is 31.5 Å². The lowest BCUT2D eigenvalue weighted by Crippen LogP contribution is -2.42. The van der Waals surface area contributed by atoms with Gasteiger partial charge in [-0.15, -0.1) is 11.8 Å². The van der Waals surface area contributed by atoms with Crippen molar-refractivity contribution in [3.05, 3.63) is 100 Å². The van der Waals surface area contributed by atoms with E-state index in [0.29, 0.717) is 22.6 Å². The number of hydrogen-bond acceptors (Lipinski definition) is 10. The predicted octanol–water partition coefficient (Wildman–Crippen LogP) is 3.72. The van der Waals surface area contributed by atoms with E-state index in [-0.39, 0.29) is 29.9 Å². The molecule has 2 aliphatic rings. The maximum absolute atomic E-state index is 13.1. The third-order valence-corrected chi connectivity index (χ3v) is 7.20. The molecule has 3 heterocycles. The van der Waals surface area contributed by atoms with E-state index in [0.717, 1.165) is 11.1 Å². The van der Waals surface area contributed by atoms with E-state index >= 15 is 0 Å². The van der Waals surface area contributed by atoms with Crippen LogP contribution < -0.4 is 21.5 Å². The van der Waals surface area contributed by atoms with Crippen molar-refractivity contribution in [3.8, 4) is 0 Å². The van der Waals surface area contributed by atoms with Crippen LogP contribution in [-0.2, 0) is 15.1 Å². The molecule has 0 bridgehead atoms. The van der Waals surface area contributed by atoms with Crippen LogP contribution in [0.15, 0.2) is 77.9 Å². The molecular formula is C29H28N6O5S. The number of hydrazine groups is 1. The minimum Gasteiger partial charge on any atom is -0.451 e. The van der Waals surface area contributed by atoms with E-state index in [1.807, 2.05) is 49.6 Å². The number of nitrogens with one attached hydrogen (secondary N) is 4. The molecule has 5 rings (SSSR count). The van der Waals surface area contributed by atoms with Crippen LogP contribution >= 0.6 is 11.8 Å². The smallest absolute Gasteiger partial charge is 0.339 e. The number of ether oxygens (including phenoxy) is 1. The Labute approximate surface area is 240 Å². The summed E-state index contributed by atoms with van der Waals surface area (Å²) in [5.74, 6) is -0.532. The molecular weight excluding hydrogens is 544 g/mol. The van der Waals surface area contributed by atoms with Crippen LogP contribution in [0.5, 0.6) is 0 Å². The van der Waals surface area contributed by atoms with Gasteiger partial charge in [-0.05, 0) is 49.1 Å². The molecule has 1 atom stereocenters. The average molecular weight is 573 g/mol. The molecule has 2 aromatic carbocycles. The molecule has 210 valence electrons. The summed E-state index contributed by atoms with van der Waals surface area (Å²) in [7, 11) is 0. The van der Waals surface area contributed by atoms with Gasteiger partial charge in [0.15, 0.2) is 0 Å². The topological polar surface area (TPSA) is 155 Å². The lowest BCUT2D eigenvalue weighted by atomic mass is 9.95. The molecule has 3 aromatic rings. The fourth-order valence-corrected chi connectivity index (χ4v) is 5.01. The first-order valence-corrected chi connectivity index (χ1v) is 13.8. The largest absolute Gasteiger partial charge is 0.451 e. The minimum atomic E-state index is -0.781. The predicted molar refractivity (Wildman–Crippen MR) is 155 cm³/mol. The molecule has 2 aliphatic heterocycles. The van der Waals surface area contributed by atoms with Gasteiger partial charge in [-0.3, -0.25) is 20.4 Å². The number of anilines is 3. The summed E-state index contributed by atoms with van der Waals surface area (Å²) in [5, 5.41) is 18.2. The fraction of sp³-hybridized carbons (Fsp3) is 0.207. The number of nitrogens with zero attached hydrogens (tertiary/aromatic N) is 2. The summed E-state index contributed by atoms with van der Waals surface area (Å²) in [4.78, 5) is 46.6. The van der Waals surface area contributed by atoms with Gasteiger partial charge in [0.2, 0.25) is 5.95 Å².